The Hall–Kier alpha value is -2.28. The van der Waals surface area contributed by atoms with Crippen LogP contribution in [0.2, 0.25) is 5.02 Å². The zero-order chi connectivity index (χ0) is 17.4. The first-order valence-electron chi connectivity index (χ1n) is 7.24. The number of carbonyl (C=O) groups excluding carboxylic acids is 2. The standard InChI is InChI=1S/C15H20ClN3O4/c1-3-19(4-2)14(22)11-6-5-10(9-12(11)16)18-15(23)17-8-7-13(20)21/h5-6,9H,3-4,7-8H2,1-2H3,(H,20,21)(H2,17,18,23). The van der Waals surface area contributed by atoms with E-state index in [9.17, 15) is 14.4 Å². The second-order valence-corrected chi connectivity index (χ2v) is 5.10. The van der Waals surface area contributed by atoms with E-state index in [4.69, 9.17) is 16.7 Å². The first-order chi connectivity index (χ1) is 10.9. The monoisotopic (exact) mass is 341 g/mol. The third-order valence-electron chi connectivity index (χ3n) is 3.13. The first-order valence-corrected chi connectivity index (χ1v) is 7.62. The van der Waals surface area contributed by atoms with Crippen LogP contribution < -0.4 is 10.6 Å². The summed E-state index contributed by atoms with van der Waals surface area (Å²) >= 11 is 6.11. The molecule has 126 valence electrons. The van der Waals surface area contributed by atoms with E-state index in [0.717, 1.165) is 0 Å². The SMILES string of the molecule is CCN(CC)C(=O)c1ccc(NC(=O)NCCC(=O)O)cc1Cl. The molecule has 0 saturated carbocycles. The summed E-state index contributed by atoms with van der Waals surface area (Å²) < 4.78 is 0. The quantitative estimate of drug-likeness (QED) is 0.709. The van der Waals surface area contributed by atoms with Crippen molar-refractivity contribution in [1.29, 1.82) is 0 Å². The van der Waals surface area contributed by atoms with Crippen LogP contribution in [0.15, 0.2) is 18.2 Å². The summed E-state index contributed by atoms with van der Waals surface area (Å²) in [5, 5.41) is 13.7. The fourth-order valence-electron chi connectivity index (χ4n) is 1.91. The van der Waals surface area contributed by atoms with Gasteiger partial charge in [0, 0.05) is 25.3 Å². The molecule has 0 aromatic heterocycles. The number of urea groups is 1. The van der Waals surface area contributed by atoms with Gasteiger partial charge in [0.05, 0.1) is 17.0 Å². The highest BCUT2D eigenvalue weighted by Crippen LogP contribution is 2.22. The number of anilines is 1. The molecule has 3 amide bonds. The van der Waals surface area contributed by atoms with Gasteiger partial charge in [-0.05, 0) is 32.0 Å². The summed E-state index contributed by atoms with van der Waals surface area (Å²) in [6.45, 7) is 4.95. The van der Waals surface area contributed by atoms with Crippen LogP contribution in [0.4, 0.5) is 10.5 Å². The van der Waals surface area contributed by atoms with Crippen LogP contribution in [0.5, 0.6) is 0 Å². The van der Waals surface area contributed by atoms with Crippen LogP contribution in [0.25, 0.3) is 0 Å². The van der Waals surface area contributed by atoms with E-state index in [1.165, 1.54) is 6.07 Å². The van der Waals surface area contributed by atoms with Gasteiger partial charge in [0.25, 0.3) is 5.91 Å². The van der Waals surface area contributed by atoms with Crippen molar-refractivity contribution in [2.24, 2.45) is 0 Å². The number of hydrogen-bond acceptors (Lipinski definition) is 3. The Labute approximate surface area is 139 Å². The number of rotatable bonds is 7. The molecule has 0 heterocycles. The van der Waals surface area contributed by atoms with Gasteiger partial charge in [0.2, 0.25) is 0 Å². The van der Waals surface area contributed by atoms with Crippen molar-refractivity contribution in [3.63, 3.8) is 0 Å². The molecule has 0 aliphatic carbocycles. The maximum atomic E-state index is 12.3. The van der Waals surface area contributed by atoms with Crippen molar-refractivity contribution < 1.29 is 19.5 Å². The van der Waals surface area contributed by atoms with Gasteiger partial charge in [0.15, 0.2) is 0 Å². The van der Waals surface area contributed by atoms with Crippen LogP contribution in [-0.4, -0.2) is 47.5 Å². The normalized spacial score (nSPS) is 10.0. The largest absolute Gasteiger partial charge is 0.481 e. The van der Waals surface area contributed by atoms with E-state index in [1.54, 1.807) is 17.0 Å². The van der Waals surface area contributed by atoms with E-state index in [0.29, 0.717) is 24.3 Å². The molecule has 7 nitrogen and oxygen atoms in total. The second kappa shape index (κ2) is 8.99. The number of halogens is 1. The smallest absolute Gasteiger partial charge is 0.319 e. The van der Waals surface area contributed by atoms with Crippen molar-refractivity contribution >= 4 is 35.2 Å². The highest BCUT2D eigenvalue weighted by molar-refractivity contribution is 6.34. The van der Waals surface area contributed by atoms with Crippen LogP contribution in [0, 0.1) is 0 Å². The molecule has 8 heteroatoms. The predicted octanol–water partition coefficient (Wildman–Crippen LogP) is 2.42. The Morgan fingerprint density at radius 3 is 2.39 bits per heavy atom. The Morgan fingerprint density at radius 2 is 1.87 bits per heavy atom. The highest BCUT2D eigenvalue weighted by Gasteiger charge is 2.16. The minimum atomic E-state index is -0.993. The Balaban J connectivity index is 2.70. The molecule has 0 fully saturated rings. The molecule has 0 unspecified atom stereocenters. The number of hydrogen-bond donors (Lipinski definition) is 3. The topological polar surface area (TPSA) is 98.7 Å². The van der Waals surface area contributed by atoms with Gasteiger partial charge in [-0.2, -0.15) is 0 Å². The maximum Gasteiger partial charge on any atom is 0.319 e. The van der Waals surface area contributed by atoms with Gasteiger partial charge in [0.1, 0.15) is 0 Å². The van der Waals surface area contributed by atoms with Gasteiger partial charge in [-0.25, -0.2) is 4.79 Å². The second-order valence-electron chi connectivity index (χ2n) is 4.70. The minimum Gasteiger partial charge on any atom is -0.481 e. The summed E-state index contributed by atoms with van der Waals surface area (Å²) in [6.07, 6.45) is -0.161. The van der Waals surface area contributed by atoms with Crippen LogP contribution in [-0.2, 0) is 4.79 Å². The third-order valence-corrected chi connectivity index (χ3v) is 3.45. The molecule has 1 rings (SSSR count). The summed E-state index contributed by atoms with van der Waals surface area (Å²) in [7, 11) is 0. The summed E-state index contributed by atoms with van der Waals surface area (Å²) in [5.74, 6) is -1.16. The Kier molecular flexibility index (Phi) is 7.34. The summed E-state index contributed by atoms with van der Waals surface area (Å²) in [4.78, 5) is 35.9. The number of nitrogens with one attached hydrogen (secondary N) is 2. The average Bonchev–Trinajstić information content (AvgIpc) is 2.48. The van der Waals surface area contributed by atoms with E-state index in [1.807, 2.05) is 13.8 Å². The molecule has 23 heavy (non-hydrogen) atoms. The third kappa shape index (κ3) is 5.78. The fourth-order valence-corrected chi connectivity index (χ4v) is 2.17. The minimum absolute atomic E-state index is 0.0213. The van der Waals surface area contributed by atoms with E-state index < -0.39 is 12.0 Å². The number of carboxylic acids is 1. The molecule has 0 aliphatic heterocycles. The van der Waals surface area contributed by atoms with Crippen LogP contribution >= 0.6 is 11.6 Å². The van der Waals surface area contributed by atoms with Gasteiger partial charge in [-0.15, -0.1) is 0 Å². The molecule has 1 aromatic rings. The molecule has 1 aromatic carbocycles. The molecule has 0 bridgehead atoms. The predicted molar refractivity (Wildman–Crippen MR) is 88.0 cm³/mol. The highest BCUT2D eigenvalue weighted by atomic mass is 35.5. The van der Waals surface area contributed by atoms with Crippen LogP contribution in [0.1, 0.15) is 30.6 Å². The van der Waals surface area contributed by atoms with Crippen molar-refractivity contribution in [2.75, 3.05) is 25.0 Å². The molecule has 0 saturated heterocycles. The summed E-state index contributed by atoms with van der Waals surface area (Å²) in [5.41, 5.74) is 0.783. The molecular formula is C15H20ClN3O4. The Morgan fingerprint density at radius 1 is 1.22 bits per heavy atom. The number of carbonyl (C=O) groups is 3. The van der Waals surface area contributed by atoms with Gasteiger partial charge >= 0.3 is 12.0 Å². The lowest BCUT2D eigenvalue weighted by atomic mass is 10.1. The van der Waals surface area contributed by atoms with Crippen molar-refractivity contribution in [3.05, 3.63) is 28.8 Å². The molecule has 0 atom stereocenters. The fraction of sp³-hybridized carbons (Fsp3) is 0.400. The average molecular weight is 342 g/mol. The van der Waals surface area contributed by atoms with E-state index >= 15 is 0 Å². The lowest BCUT2D eigenvalue weighted by Crippen LogP contribution is -2.31. The van der Waals surface area contributed by atoms with Crippen LogP contribution in [0.3, 0.4) is 0 Å². The molecule has 0 radical (unpaired) electrons. The lowest BCUT2D eigenvalue weighted by molar-refractivity contribution is -0.136. The number of nitrogens with zero attached hydrogens (tertiary/aromatic N) is 1. The number of benzene rings is 1. The molecule has 3 N–H and O–H groups in total. The van der Waals surface area contributed by atoms with Crippen molar-refractivity contribution in [1.82, 2.24) is 10.2 Å². The van der Waals surface area contributed by atoms with E-state index in [-0.39, 0.29) is 23.9 Å². The van der Waals surface area contributed by atoms with Crippen molar-refractivity contribution in [3.8, 4) is 0 Å². The zero-order valence-corrected chi connectivity index (χ0v) is 13.8. The number of amides is 3. The van der Waals surface area contributed by atoms with Gasteiger partial charge < -0.3 is 20.6 Å². The van der Waals surface area contributed by atoms with Gasteiger partial charge in [-0.3, -0.25) is 9.59 Å². The maximum absolute atomic E-state index is 12.3. The molecule has 0 spiro atoms. The molecule has 0 aliphatic rings. The number of carboxylic acid groups (broad SMARTS) is 1. The van der Waals surface area contributed by atoms with Crippen molar-refractivity contribution in [2.45, 2.75) is 20.3 Å². The first kappa shape index (κ1) is 18.8. The number of aliphatic carboxylic acids is 1. The Bertz CT molecular complexity index is 588. The van der Waals surface area contributed by atoms with Gasteiger partial charge in [-0.1, -0.05) is 11.6 Å². The van der Waals surface area contributed by atoms with E-state index in [2.05, 4.69) is 10.6 Å². The molecular weight excluding hydrogens is 322 g/mol. The lowest BCUT2D eigenvalue weighted by Gasteiger charge is -2.19. The zero-order valence-electron chi connectivity index (χ0n) is 13.1. The summed E-state index contributed by atoms with van der Waals surface area (Å²) in [6, 6.07) is 4.06.